The maximum absolute atomic E-state index is 12.7. The molecule has 1 rings (SSSR count). The minimum Gasteiger partial charge on any atom is -0.246 e. The predicted octanol–water partition coefficient (Wildman–Crippen LogP) is 1.31. The van der Waals surface area contributed by atoms with Crippen LogP contribution >= 0.6 is 0 Å². The number of hydrogen-bond acceptors (Lipinski definition) is 2. The van der Waals surface area contributed by atoms with Gasteiger partial charge in [-0.3, -0.25) is 0 Å². The summed E-state index contributed by atoms with van der Waals surface area (Å²) >= 11 is 0. The maximum Gasteiger partial charge on any atom is 0.158 e. The van der Waals surface area contributed by atoms with E-state index in [0.29, 0.717) is 6.42 Å². The Labute approximate surface area is 66.7 Å². The van der Waals surface area contributed by atoms with Crippen LogP contribution in [0.3, 0.4) is 0 Å². The average Bonchev–Trinajstić information content (AvgIpc) is 2.03. The highest BCUT2D eigenvalue weighted by molar-refractivity contribution is 7.93. The Bertz CT molecular complexity index is 247. The van der Waals surface area contributed by atoms with E-state index >= 15 is 0 Å². The van der Waals surface area contributed by atoms with E-state index in [9.17, 15) is 12.8 Å². The third kappa shape index (κ3) is 1.28. The van der Waals surface area contributed by atoms with Crippen molar-refractivity contribution in [2.45, 2.75) is 37.6 Å². The summed E-state index contributed by atoms with van der Waals surface area (Å²) in [5, 5.41) is 0. The summed E-state index contributed by atoms with van der Waals surface area (Å²) in [7, 11) is -3.16. The van der Waals surface area contributed by atoms with Gasteiger partial charge >= 0.3 is 0 Å². The molecule has 1 aliphatic heterocycles. The molecule has 1 fully saturated rings. The maximum atomic E-state index is 12.7. The molecule has 11 heavy (non-hydrogen) atoms. The van der Waals surface area contributed by atoms with Gasteiger partial charge in [-0.1, -0.05) is 6.92 Å². The lowest BCUT2D eigenvalue weighted by Crippen LogP contribution is -2.29. The van der Waals surface area contributed by atoms with Crippen molar-refractivity contribution in [3.8, 4) is 0 Å². The molecule has 66 valence electrons. The fourth-order valence-electron chi connectivity index (χ4n) is 1.46. The van der Waals surface area contributed by atoms with Gasteiger partial charge in [0.2, 0.25) is 0 Å². The van der Waals surface area contributed by atoms with Crippen LogP contribution in [0.1, 0.15) is 26.7 Å². The van der Waals surface area contributed by atoms with Crippen molar-refractivity contribution in [2.24, 2.45) is 0 Å². The average molecular weight is 180 g/mol. The first kappa shape index (κ1) is 8.97. The van der Waals surface area contributed by atoms with E-state index < -0.39 is 20.8 Å². The van der Waals surface area contributed by atoms with Crippen LogP contribution < -0.4 is 0 Å². The van der Waals surface area contributed by atoms with E-state index in [1.807, 2.05) is 0 Å². The van der Waals surface area contributed by atoms with Gasteiger partial charge in [-0.2, -0.15) is 0 Å². The van der Waals surface area contributed by atoms with Crippen LogP contribution in [0.15, 0.2) is 0 Å². The van der Waals surface area contributed by atoms with Gasteiger partial charge in [-0.25, -0.2) is 12.8 Å². The van der Waals surface area contributed by atoms with E-state index in [1.54, 1.807) is 13.8 Å². The summed E-state index contributed by atoms with van der Waals surface area (Å²) in [5.41, 5.74) is 0. The second-order valence-electron chi connectivity index (χ2n) is 3.39. The SMILES string of the molecule is CCC1(C)CC(F)CS1(=O)=O. The van der Waals surface area contributed by atoms with Crippen LogP contribution in [0.25, 0.3) is 0 Å². The summed E-state index contributed by atoms with van der Waals surface area (Å²) in [6.07, 6.45) is -0.466. The molecule has 0 aromatic rings. The van der Waals surface area contributed by atoms with E-state index in [4.69, 9.17) is 0 Å². The second-order valence-corrected chi connectivity index (χ2v) is 5.93. The largest absolute Gasteiger partial charge is 0.246 e. The van der Waals surface area contributed by atoms with Crippen LogP contribution in [0.4, 0.5) is 4.39 Å². The molecule has 0 saturated carbocycles. The van der Waals surface area contributed by atoms with E-state index in [2.05, 4.69) is 0 Å². The molecule has 0 N–H and O–H groups in total. The van der Waals surface area contributed by atoms with Crippen molar-refractivity contribution >= 4 is 9.84 Å². The smallest absolute Gasteiger partial charge is 0.158 e. The lowest BCUT2D eigenvalue weighted by atomic mass is 10.0. The Hall–Kier alpha value is -0.120. The topological polar surface area (TPSA) is 34.1 Å². The number of rotatable bonds is 1. The molecular weight excluding hydrogens is 167 g/mol. The molecular formula is C7H13FO2S. The molecule has 0 aromatic carbocycles. The highest BCUT2D eigenvalue weighted by atomic mass is 32.2. The molecule has 0 radical (unpaired) electrons. The van der Waals surface area contributed by atoms with Crippen molar-refractivity contribution in [2.75, 3.05) is 5.75 Å². The number of hydrogen-bond donors (Lipinski definition) is 0. The highest BCUT2D eigenvalue weighted by Crippen LogP contribution is 2.36. The molecule has 2 nitrogen and oxygen atoms in total. The van der Waals surface area contributed by atoms with Gasteiger partial charge in [-0.15, -0.1) is 0 Å². The van der Waals surface area contributed by atoms with Crippen LogP contribution in [-0.2, 0) is 9.84 Å². The van der Waals surface area contributed by atoms with Crippen molar-refractivity contribution in [3.63, 3.8) is 0 Å². The third-order valence-corrected chi connectivity index (χ3v) is 5.31. The quantitative estimate of drug-likeness (QED) is 0.609. The summed E-state index contributed by atoms with van der Waals surface area (Å²) in [4.78, 5) is 0. The van der Waals surface area contributed by atoms with Gasteiger partial charge in [0.1, 0.15) is 6.17 Å². The fraction of sp³-hybridized carbons (Fsp3) is 1.00. The van der Waals surface area contributed by atoms with Crippen LogP contribution in [-0.4, -0.2) is 25.1 Å². The first-order chi connectivity index (χ1) is 4.91. The Morgan fingerprint density at radius 2 is 2.18 bits per heavy atom. The normalized spacial score (nSPS) is 42.6. The summed E-state index contributed by atoms with van der Waals surface area (Å²) in [6.45, 7) is 3.41. The molecule has 4 heteroatoms. The predicted molar refractivity (Wildman–Crippen MR) is 42.0 cm³/mol. The van der Waals surface area contributed by atoms with E-state index in [0.717, 1.165) is 0 Å². The molecule has 0 bridgehead atoms. The summed E-state index contributed by atoms with van der Waals surface area (Å²) in [6, 6.07) is 0. The van der Waals surface area contributed by atoms with Gasteiger partial charge in [0.15, 0.2) is 9.84 Å². The number of sulfone groups is 1. The number of alkyl halides is 1. The zero-order valence-electron chi connectivity index (χ0n) is 6.80. The molecule has 0 aromatic heterocycles. The first-order valence-corrected chi connectivity index (χ1v) is 5.43. The minimum absolute atomic E-state index is 0.172. The third-order valence-electron chi connectivity index (χ3n) is 2.55. The second kappa shape index (κ2) is 2.44. The Morgan fingerprint density at radius 3 is 2.36 bits per heavy atom. The zero-order valence-corrected chi connectivity index (χ0v) is 7.62. The molecule has 0 aliphatic carbocycles. The molecule has 1 aliphatic rings. The van der Waals surface area contributed by atoms with Gasteiger partial charge < -0.3 is 0 Å². The molecule has 0 spiro atoms. The first-order valence-electron chi connectivity index (χ1n) is 3.78. The van der Waals surface area contributed by atoms with Gasteiger partial charge in [-0.05, 0) is 19.8 Å². The van der Waals surface area contributed by atoms with Crippen LogP contribution in [0.2, 0.25) is 0 Å². The molecule has 1 heterocycles. The molecule has 1 saturated heterocycles. The van der Waals surface area contributed by atoms with Crippen LogP contribution in [0, 0.1) is 0 Å². The number of halogens is 1. The van der Waals surface area contributed by atoms with Crippen LogP contribution in [0.5, 0.6) is 0 Å². The van der Waals surface area contributed by atoms with Gasteiger partial charge in [0.25, 0.3) is 0 Å². The standard InChI is InChI=1S/C7H13FO2S/c1-3-7(2)4-6(8)5-11(7,9)10/h6H,3-5H2,1-2H3. The molecule has 2 unspecified atom stereocenters. The monoisotopic (exact) mass is 180 g/mol. The Balaban J connectivity index is 3.00. The van der Waals surface area contributed by atoms with Crippen molar-refractivity contribution in [3.05, 3.63) is 0 Å². The molecule has 2 atom stereocenters. The summed E-state index contributed by atoms with van der Waals surface area (Å²) in [5.74, 6) is -0.280. The lowest BCUT2D eigenvalue weighted by molar-refractivity contribution is 0.332. The lowest BCUT2D eigenvalue weighted by Gasteiger charge is -2.19. The zero-order chi connectivity index (χ0) is 8.70. The Kier molecular flexibility index (Phi) is 1.99. The van der Waals surface area contributed by atoms with Crippen molar-refractivity contribution in [1.82, 2.24) is 0 Å². The van der Waals surface area contributed by atoms with Gasteiger partial charge in [0.05, 0.1) is 10.5 Å². The fourth-order valence-corrected chi connectivity index (χ4v) is 3.33. The van der Waals surface area contributed by atoms with E-state index in [1.165, 1.54) is 0 Å². The van der Waals surface area contributed by atoms with Gasteiger partial charge in [0, 0.05) is 0 Å². The molecule has 0 amide bonds. The highest BCUT2D eigenvalue weighted by Gasteiger charge is 2.47. The van der Waals surface area contributed by atoms with Crippen molar-refractivity contribution < 1.29 is 12.8 Å². The van der Waals surface area contributed by atoms with Crippen molar-refractivity contribution in [1.29, 1.82) is 0 Å². The van der Waals surface area contributed by atoms with E-state index in [-0.39, 0.29) is 12.2 Å². The summed E-state index contributed by atoms with van der Waals surface area (Å²) < 4.78 is 34.5. The minimum atomic E-state index is -3.16. The Morgan fingerprint density at radius 1 is 1.64 bits per heavy atom.